The fraction of sp³-hybridized carbons (Fsp3) is 0.167. The molecule has 3 N–H and O–H groups in total. The van der Waals surface area contributed by atoms with Crippen molar-refractivity contribution >= 4 is 39.6 Å². The van der Waals surface area contributed by atoms with Gasteiger partial charge < -0.3 is 19.9 Å². The Hall–Kier alpha value is -3.07. The van der Waals surface area contributed by atoms with Crippen LogP contribution in [0, 0.1) is 0 Å². The van der Waals surface area contributed by atoms with Crippen molar-refractivity contribution in [2.75, 3.05) is 19.5 Å². The summed E-state index contributed by atoms with van der Waals surface area (Å²) in [5, 5.41) is 16.2. The number of hydrazone groups is 1. The molecular weight excluding hydrogens is 418 g/mol. The lowest BCUT2D eigenvalue weighted by Crippen LogP contribution is -2.24. The normalized spacial score (nSPS) is 10.5. The second kappa shape index (κ2) is 9.58. The van der Waals surface area contributed by atoms with Crippen molar-refractivity contribution in [3.63, 3.8) is 0 Å². The lowest BCUT2D eigenvalue weighted by Gasteiger charge is -2.09. The molecule has 2 aromatic carbocycles. The number of rotatable bonds is 7. The average molecular weight is 436 g/mol. The van der Waals surface area contributed by atoms with E-state index in [9.17, 15) is 14.7 Å². The van der Waals surface area contributed by atoms with Crippen molar-refractivity contribution < 1.29 is 24.2 Å². The summed E-state index contributed by atoms with van der Waals surface area (Å²) < 4.78 is 10.6. The quantitative estimate of drug-likeness (QED) is 0.351. The minimum absolute atomic E-state index is 0.0355. The summed E-state index contributed by atoms with van der Waals surface area (Å²) >= 11 is 3.19. The highest BCUT2D eigenvalue weighted by atomic mass is 79.9. The van der Waals surface area contributed by atoms with Crippen LogP contribution in [0.4, 0.5) is 5.69 Å². The monoisotopic (exact) mass is 435 g/mol. The smallest absolute Gasteiger partial charge is 0.249 e. The second-order valence-electron chi connectivity index (χ2n) is 5.27. The molecule has 0 saturated heterocycles. The van der Waals surface area contributed by atoms with Crippen LogP contribution in [0.25, 0.3) is 0 Å². The fourth-order valence-corrected chi connectivity index (χ4v) is 2.59. The highest BCUT2D eigenvalue weighted by molar-refractivity contribution is 9.10. The molecule has 0 unspecified atom stereocenters. The molecule has 0 radical (unpaired) electrons. The number of para-hydroxylation sites is 2. The minimum Gasteiger partial charge on any atom is -0.503 e. The van der Waals surface area contributed by atoms with E-state index in [1.807, 2.05) is 0 Å². The second-order valence-corrected chi connectivity index (χ2v) is 6.13. The molecule has 9 heteroatoms. The summed E-state index contributed by atoms with van der Waals surface area (Å²) in [6, 6.07) is 10.0. The van der Waals surface area contributed by atoms with Gasteiger partial charge in [0, 0.05) is 0 Å². The predicted molar refractivity (Wildman–Crippen MR) is 104 cm³/mol. The van der Waals surface area contributed by atoms with Crippen LogP contribution in [0.2, 0.25) is 0 Å². The van der Waals surface area contributed by atoms with Crippen LogP contribution < -0.4 is 20.2 Å². The van der Waals surface area contributed by atoms with Crippen molar-refractivity contribution in [1.82, 2.24) is 5.43 Å². The van der Waals surface area contributed by atoms with Gasteiger partial charge >= 0.3 is 0 Å². The first-order valence-corrected chi connectivity index (χ1v) is 8.55. The van der Waals surface area contributed by atoms with Crippen LogP contribution in [0.15, 0.2) is 46.0 Å². The number of hydrogen-bond donors (Lipinski definition) is 3. The number of carbonyl (C=O) groups excluding carboxylic acids is 2. The number of phenolic OH excluding ortho intramolecular Hbond substituents is 1. The topological polar surface area (TPSA) is 109 Å². The molecule has 8 nitrogen and oxygen atoms in total. The van der Waals surface area contributed by atoms with E-state index >= 15 is 0 Å². The van der Waals surface area contributed by atoms with Gasteiger partial charge in [0.05, 0.1) is 30.6 Å². The van der Waals surface area contributed by atoms with Crippen LogP contribution in [-0.4, -0.2) is 37.4 Å². The van der Waals surface area contributed by atoms with Crippen LogP contribution in [0.5, 0.6) is 17.2 Å². The molecular formula is C18H18BrN3O5. The zero-order valence-corrected chi connectivity index (χ0v) is 16.2. The lowest BCUT2D eigenvalue weighted by atomic mass is 10.2. The number of aromatic hydroxyl groups is 1. The molecule has 0 spiro atoms. The molecule has 2 aromatic rings. The molecule has 142 valence electrons. The van der Waals surface area contributed by atoms with E-state index in [1.54, 1.807) is 36.4 Å². The molecule has 0 fully saturated rings. The molecule has 0 heterocycles. The van der Waals surface area contributed by atoms with E-state index < -0.39 is 18.2 Å². The summed E-state index contributed by atoms with van der Waals surface area (Å²) in [6.07, 6.45) is 0.959. The third kappa shape index (κ3) is 5.71. The van der Waals surface area contributed by atoms with Gasteiger partial charge in [0.15, 0.2) is 11.5 Å². The van der Waals surface area contributed by atoms with Crippen molar-refractivity contribution in [2.24, 2.45) is 5.10 Å². The van der Waals surface area contributed by atoms with Crippen molar-refractivity contribution in [3.8, 4) is 17.2 Å². The molecule has 0 aliphatic heterocycles. The van der Waals surface area contributed by atoms with Crippen LogP contribution in [-0.2, 0) is 9.59 Å². The maximum Gasteiger partial charge on any atom is 0.249 e. The maximum absolute atomic E-state index is 12.0. The minimum atomic E-state index is -0.580. The Balaban J connectivity index is 1.91. The van der Waals surface area contributed by atoms with Crippen LogP contribution in [0.3, 0.4) is 0 Å². The number of methoxy groups -OCH3 is 2. The van der Waals surface area contributed by atoms with E-state index in [1.165, 1.54) is 20.4 Å². The van der Waals surface area contributed by atoms with Crippen molar-refractivity contribution in [2.45, 2.75) is 6.42 Å². The Morgan fingerprint density at radius 3 is 2.56 bits per heavy atom. The number of amides is 2. The SMILES string of the molecule is COc1ccccc1NC(=O)CC(=O)N/N=C/c1cc(Br)c(O)c(OC)c1. The molecule has 27 heavy (non-hydrogen) atoms. The number of ether oxygens (including phenoxy) is 2. The maximum atomic E-state index is 12.0. The van der Waals surface area contributed by atoms with Gasteiger partial charge in [0.1, 0.15) is 12.2 Å². The van der Waals surface area contributed by atoms with E-state index in [0.717, 1.165) is 0 Å². The Kier molecular flexibility index (Phi) is 7.18. The summed E-state index contributed by atoms with van der Waals surface area (Å²) in [5.41, 5.74) is 3.32. The number of hydrogen-bond acceptors (Lipinski definition) is 6. The molecule has 0 saturated carbocycles. The highest BCUT2D eigenvalue weighted by Gasteiger charge is 2.11. The zero-order chi connectivity index (χ0) is 19.8. The standard InChI is InChI=1S/C18H18BrN3O5/c1-26-14-6-4-3-5-13(14)21-16(23)9-17(24)22-20-10-11-7-12(19)18(25)15(8-11)27-2/h3-8,10,25H,9H2,1-2H3,(H,21,23)(H,22,24)/b20-10+. The first kappa shape index (κ1) is 20.2. The number of halogens is 1. The molecule has 2 amide bonds. The number of phenols is 1. The van der Waals surface area contributed by atoms with Gasteiger partial charge in [-0.25, -0.2) is 5.43 Å². The van der Waals surface area contributed by atoms with E-state index in [4.69, 9.17) is 9.47 Å². The highest BCUT2D eigenvalue weighted by Crippen LogP contribution is 2.34. The van der Waals surface area contributed by atoms with E-state index in [0.29, 0.717) is 21.5 Å². The molecule has 0 aromatic heterocycles. The Morgan fingerprint density at radius 1 is 1.15 bits per heavy atom. The summed E-state index contributed by atoms with van der Waals surface area (Å²) in [6.45, 7) is 0. The van der Waals surface area contributed by atoms with Crippen LogP contribution in [0.1, 0.15) is 12.0 Å². The first-order chi connectivity index (χ1) is 12.9. The van der Waals surface area contributed by atoms with Gasteiger partial charge in [-0.1, -0.05) is 12.1 Å². The number of nitrogens with zero attached hydrogens (tertiary/aromatic N) is 1. The molecule has 0 aliphatic carbocycles. The first-order valence-electron chi connectivity index (χ1n) is 7.76. The average Bonchev–Trinajstić information content (AvgIpc) is 2.64. The van der Waals surface area contributed by atoms with Gasteiger partial charge in [0.2, 0.25) is 11.8 Å². The van der Waals surface area contributed by atoms with Gasteiger partial charge in [0.25, 0.3) is 0 Å². The number of carbonyl (C=O) groups is 2. The van der Waals surface area contributed by atoms with E-state index in [2.05, 4.69) is 31.8 Å². The summed E-state index contributed by atoms with van der Waals surface area (Å²) in [7, 11) is 2.91. The third-order valence-corrected chi connectivity index (χ3v) is 3.98. The van der Waals surface area contributed by atoms with Gasteiger partial charge in [-0.15, -0.1) is 0 Å². The number of benzene rings is 2. The Bertz CT molecular complexity index is 870. The van der Waals surface area contributed by atoms with Gasteiger partial charge in [-0.3, -0.25) is 9.59 Å². The number of anilines is 1. The zero-order valence-electron chi connectivity index (χ0n) is 14.7. The molecule has 2 rings (SSSR count). The molecule has 0 bridgehead atoms. The van der Waals surface area contributed by atoms with Crippen molar-refractivity contribution in [3.05, 3.63) is 46.4 Å². The fourth-order valence-electron chi connectivity index (χ4n) is 2.13. The Morgan fingerprint density at radius 2 is 1.85 bits per heavy atom. The van der Waals surface area contributed by atoms with E-state index in [-0.39, 0.29) is 11.5 Å². The largest absolute Gasteiger partial charge is 0.503 e. The van der Waals surface area contributed by atoms with Crippen LogP contribution >= 0.6 is 15.9 Å². The number of nitrogens with one attached hydrogen (secondary N) is 2. The van der Waals surface area contributed by atoms with Gasteiger partial charge in [-0.2, -0.15) is 5.10 Å². The molecule has 0 atom stereocenters. The van der Waals surface area contributed by atoms with Gasteiger partial charge in [-0.05, 0) is 45.8 Å². The molecule has 0 aliphatic rings. The third-order valence-electron chi connectivity index (χ3n) is 3.38. The van der Waals surface area contributed by atoms with Crippen molar-refractivity contribution in [1.29, 1.82) is 0 Å². The summed E-state index contributed by atoms with van der Waals surface area (Å²) in [4.78, 5) is 23.8. The predicted octanol–water partition coefficient (Wildman–Crippen LogP) is 2.65. The Labute approximate surface area is 164 Å². The summed E-state index contributed by atoms with van der Waals surface area (Å²) in [5.74, 6) is -0.360. The lowest BCUT2D eigenvalue weighted by molar-refractivity contribution is -0.126.